The number of carboxylic acids is 1. The molecule has 2 rings (SSSR count). The van der Waals surface area contributed by atoms with Crippen LogP contribution in [0.4, 0.5) is 23.1 Å². The van der Waals surface area contributed by atoms with E-state index in [2.05, 4.69) is 10.3 Å². The first-order valence-electron chi connectivity index (χ1n) is 5.94. The molecule has 1 fully saturated rings. The number of nitrogens with zero attached hydrogens (tertiary/aromatic N) is 2. The highest BCUT2D eigenvalue weighted by atomic mass is 32.1. The van der Waals surface area contributed by atoms with Gasteiger partial charge in [0.15, 0.2) is 10.8 Å². The van der Waals surface area contributed by atoms with Crippen LogP contribution >= 0.6 is 11.3 Å². The molecule has 2 amide bonds. The Balaban J connectivity index is 2.00. The predicted octanol–water partition coefficient (Wildman–Crippen LogP) is 2.49. The van der Waals surface area contributed by atoms with Crippen LogP contribution < -0.4 is 5.32 Å². The second-order valence-corrected chi connectivity index (χ2v) is 5.86. The van der Waals surface area contributed by atoms with Crippen LogP contribution in [-0.4, -0.2) is 40.1 Å². The zero-order valence-corrected chi connectivity index (χ0v) is 11.7. The van der Waals surface area contributed by atoms with Gasteiger partial charge in [-0.1, -0.05) is 0 Å². The van der Waals surface area contributed by atoms with Gasteiger partial charge in [0.2, 0.25) is 0 Å². The van der Waals surface area contributed by atoms with Gasteiger partial charge >= 0.3 is 18.2 Å². The number of amides is 2. The fraction of sp³-hybridized carbons (Fsp3) is 0.545. The fourth-order valence-electron chi connectivity index (χ4n) is 1.94. The van der Waals surface area contributed by atoms with E-state index < -0.39 is 29.3 Å². The monoisotopic (exact) mass is 323 g/mol. The summed E-state index contributed by atoms with van der Waals surface area (Å²) in [7, 11) is 0. The molecule has 116 valence electrons. The molecule has 2 N–H and O–H groups in total. The first kappa shape index (κ1) is 15.5. The van der Waals surface area contributed by atoms with Crippen molar-refractivity contribution in [2.24, 2.45) is 5.41 Å². The molecular formula is C11H12F3N3O3S. The quantitative estimate of drug-likeness (QED) is 0.876. The normalized spacial score (nSPS) is 22.4. The van der Waals surface area contributed by atoms with Gasteiger partial charge in [0.25, 0.3) is 0 Å². The molecule has 1 aromatic heterocycles. The van der Waals surface area contributed by atoms with Crippen LogP contribution in [-0.2, 0) is 11.0 Å². The molecule has 1 unspecified atom stereocenters. The van der Waals surface area contributed by atoms with Crippen molar-refractivity contribution in [2.75, 3.05) is 18.4 Å². The van der Waals surface area contributed by atoms with E-state index in [0.29, 0.717) is 17.8 Å². The molecule has 1 aliphatic heterocycles. The second-order valence-electron chi connectivity index (χ2n) is 5.00. The van der Waals surface area contributed by atoms with Crippen LogP contribution in [0.5, 0.6) is 0 Å². The van der Waals surface area contributed by atoms with Crippen molar-refractivity contribution in [2.45, 2.75) is 19.5 Å². The van der Waals surface area contributed by atoms with E-state index in [-0.39, 0.29) is 18.2 Å². The van der Waals surface area contributed by atoms with Gasteiger partial charge in [-0.25, -0.2) is 9.78 Å². The summed E-state index contributed by atoms with van der Waals surface area (Å²) in [6.07, 6.45) is -4.27. The SMILES string of the molecule is CC1(C(=O)O)CCN(C(=O)Nc2nc(C(F)(F)F)cs2)C1. The molecule has 0 bridgehead atoms. The number of alkyl halides is 3. The van der Waals surface area contributed by atoms with Crippen molar-refractivity contribution >= 4 is 28.5 Å². The molecule has 0 spiro atoms. The zero-order chi connectivity index (χ0) is 15.8. The van der Waals surface area contributed by atoms with Gasteiger partial charge in [0, 0.05) is 18.5 Å². The summed E-state index contributed by atoms with van der Waals surface area (Å²) in [4.78, 5) is 27.5. The number of anilines is 1. The third kappa shape index (κ3) is 3.26. The van der Waals surface area contributed by atoms with E-state index in [9.17, 15) is 22.8 Å². The lowest BCUT2D eigenvalue weighted by Crippen LogP contribution is -2.37. The number of carbonyl (C=O) groups is 2. The van der Waals surface area contributed by atoms with Crippen molar-refractivity contribution in [3.63, 3.8) is 0 Å². The van der Waals surface area contributed by atoms with Crippen molar-refractivity contribution < 1.29 is 27.9 Å². The number of nitrogens with one attached hydrogen (secondary N) is 1. The Morgan fingerprint density at radius 3 is 2.67 bits per heavy atom. The summed E-state index contributed by atoms with van der Waals surface area (Å²) in [5.41, 5.74) is -2.10. The van der Waals surface area contributed by atoms with Gasteiger partial charge < -0.3 is 10.0 Å². The molecule has 1 aliphatic rings. The van der Waals surface area contributed by atoms with Crippen LogP contribution in [0.25, 0.3) is 0 Å². The number of hydrogen-bond donors (Lipinski definition) is 2. The highest BCUT2D eigenvalue weighted by molar-refractivity contribution is 7.13. The molecular weight excluding hydrogens is 311 g/mol. The molecule has 1 aromatic rings. The Hall–Kier alpha value is -1.84. The largest absolute Gasteiger partial charge is 0.481 e. The molecule has 0 aromatic carbocycles. The number of aliphatic carboxylic acids is 1. The average molecular weight is 323 g/mol. The maximum absolute atomic E-state index is 12.4. The van der Waals surface area contributed by atoms with Gasteiger partial charge in [-0.2, -0.15) is 13.2 Å². The summed E-state index contributed by atoms with van der Waals surface area (Å²) in [5, 5.41) is 12.0. The first-order chi connectivity index (χ1) is 9.62. The molecule has 1 saturated heterocycles. The van der Waals surface area contributed by atoms with Crippen LogP contribution in [0.2, 0.25) is 0 Å². The Morgan fingerprint density at radius 2 is 2.19 bits per heavy atom. The maximum atomic E-state index is 12.4. The molecule has 0 saturated carbocycles. The minimum absolute atomic E-state index is 0.00562. The summed E-state index contributed by atoms with van der Waals surface area (Å²) in [5.74, 6) is -1.01. The topological polar surface area (TPSA) is 82.5 Å². The van der Waals surface area contributed by atoms with E-state index in [1.54, 1.807) is 0 Å². The molecule has 6 nitrogen and oxygen atoms in total. The highest BCUT2D eigenvalue weighted by Gasteiger charge is 2.42. The number of likely N-dealkylation sites (tertiary alicyclic amines) is 1. The lowest BCUT2D eigenvalue weighted by molar-refractivity contribution is -0.147. The number of carbonyl (C=O) groups excluding carboxylic acids is 1. The molecule has 10 heteroatoms. The van der Waals surface area contributed by atoms with Crippen molar-refractivity contribution in [1.29, 1.82) is 0 Å². The number of rotatable bonds is 2. The van der Waals surface area contributed by atoms with Gasteiger partial charge in [-0.15, -0.1) is 11.3 Å². The zero-order valence-electron chi connectivity index (χ0n) is 10.9. The van der Waals surface area contributed by atoms with Crippen molar-refractivity contribution in [1.82, 2.24) is 9.88 Å². The van der Waals surface area contributed by atoms with Gasteiger partial charge in [-0.3, -0.25) is 10.1 Å². The van der Waals surface area contributed by atoms with E-state index in [4.69, 9.17) is 5.11 Å². The van der Waals surface area contributed by atoms with E-state index in [1.165, 1.54) is 11.8 Å². The predicted molar refractivity (Wildman–Crippen MR) is 68.1 cm³/mol. The van der Waals surface area contributed by atoms with Crippen LogP contribution in [0.15, 0.2) is 5.38 Å². The average Bonchev–Trinajstić information content (AvgIpc) is 2.96. The van der Waals surface area contributed by atoms with Gasteiger partial charge in [-0.05, 0) is 13.3 Å². The number of halogens is 3. The van der Waals surface area contributed by atoms with Gasteiger partial charge in [0.05, 0.1) is 5.41 Å². The first-order valence-corrected chi connectivity index (χ1v) is 6.82. The standard InChI is InChI=1S/C11H12F3N3O3S/c1-10(7(18)19)2-3-17(5-10)9(20)16-8-15-6(4-21-8)11(12,13)14/h4H,2-3,5H2,1H3,(H,18,19)(H,15,16,20). The smallest absolute Gasteiger partial charge is 0.434 e. The minimum Gasteiger partial charge on any atom is -0.481 e. The maximum Gasteiger partial charge on any atom is 0.434 e. The molecule has 0 radical (unpaired) electrons. The van der Waals surface area contributed by atoms with Crippen molar-refractivity contribution in [3.05, 3.63) is 11.1 Å². The molecule has 1 atom stereocenters. The number of urea groups is 1. The number of aromatic nitrogens is 1. The van der Waals surface area contributed by atoms with Crippen LogP contribution in [0, 0.1) is 5.41 Å². The summed E-state index contributed by atoms with van der Waals surface area (Å²) < 4.78 is 37.2. The Bertz CT molecular complexity index is 575. The molecule has 0 aliphatic carbocycles. The van der Waals surface area contributed by atoms with Crippen LogP contribution in [0.3, 0.4) is 0 Å². The summed E-state index contributed by atoms with van der Waals surface area (Å²) in [6.45, 7) is 1.76. The summed E-state index contributed by atoms with van der Waals surface area (Å²) >= 11 is 0.664. The van der Waals surface area contributed by atoms with Gasteiger partial charge in [0.1, 0.15) is 0 Å². The highest BCUT2D eigenvalue weighted by Crippen LogP contribution is 2.33. The fourth-order valence-corrected chi connectivity index (χ4v) is 2.65. The Kier molecular flexibility index (Phi) is 3.83. The van der Waals surface area contributed by atoms with E-state index in [1.807, 2.05) is 0 Å². The van der Waals surface area contributed by atoms with E-state index in [0.717, 1.165) is 5.38 Å². The van der Waals surface area contributed by atoms with Crippen LogP contribution in [0.1, 0.15) is 19.0 Å². The summed E-state index contributed by atoms with van der Waals surface area (Å²) in [6, 6.07) is -0.650. The number of carboxylic acid groups (broad SMARTS) is 1. The van der Waals surface area contributed by atoms with E-state index >= 15 is 0 Å². The third-order valence-electron chi connectivity index (χ3n) is 3.29. The Morgan fingerprint density at radius 1 is 1.52 bits per heavy atom. The van der Waals surface area contributed by atoms with Crippen molar-refractivity contribution in [3.8, 4) is 0 Å². The minimum atomic E-state index is -4.56. The number of hydrogen-bond acceptors (Lipinski definition) is 4. The third-order valence-corrected chi connectivity index (χ3v) is 4.04. The lowest BCUT2D eigenvalue weighted by atomic mass is 9.90. The molecule has 21 heavy (non-hydrogen) atoms. The number of thiazole rings is 1. The molecule has 2 heterocycles. The Labute approximate surface area is 121 Å². The lowest BCUT2D eigenvalue weighted by Gasteiger charge is -2.19. The second kappa shape index (κ2) is 5.17.